The quantitative estimate of drug-likeness (QED) is 0.409. The molecule has 0 saturated heterocycles. The maximum absolute atomic E-state index is 10.8. The van der Waals surface area contributed by atoms with E-state index >= 15 is 0 Å². The molecular weight excluding hydrogens is 218 g/mol. The first kappa shape index (κ1) is 13.3. The molecule has 0 aromatic heterocycles. The third-order valence-corrected chi connectivity index (χ3v) is 2.13. The Bertz CT molecular complexity index is 349. The molecule has 4 N–H and O–H groups in total. The van der Waals surface area contributed by atoms with Gasteiger partial charge in [-0.1, -0.05) is 12.1 Å². The molecule has 1 rings (SSSR count). The molecule has 0 radical (unpaired) electrons. The van der Waals surface area contributed by atoms with Crippen LogP contribution in [0, 0.1) is 0 Å². The van der Waals surface area contributed by atoms with E-state index in [0.717, 1.165) is 17.7 Å². The van der Waals surface area contributed by atoms with Gasteiger partial charge in [0.05, 0.1) is 6.10 Å². The minimum absolute atomic E-state index is 0.177. The van der Waals surface area contributed by atoms with Gasteiger partial charge >= 0.3 is 6.03 Å². The van der Waals surface area contributed by atoms with Crippen LogP contribution in [-0.4, -0.2) is 18.7 Å². The van der Waals surface area contributed by atoms with E-state index in [1.807, 2.05) is 43.5 Å². The van der Waals surface area contributed by atoms with Gasteiger partial charge in [0, 0.05) is 6.54 Å². The van der Waals surface area contributed by atoms with Gasteiger partial charge in [-0.05, 0) is 38.0 Å². The highest BCUT2D eigenvalue weighted by Gasteiger charge is 1.99. The lowest BCUT2D eigenvalue weighted by Gasteiger charge is -2.10. The summed E-state index contributed by atoms with van der Waals surface area (Å²) in [6, 6.07) is 7.46. The average Bonchev–Trinajstić information content (AvgIpc) is 2.30. The topological polar surface area (TPSA) is 76.4 Å². The van der Waals surface area contributed by atoms with Crippen LogP contribution in [0.15, 0.2) is 24.3 Å². The van der Waals surface area contributed by atoms with Gasteiger partial charge in [-0.15, -0.1) is 0 Å². The van der Waals surface area contributed by atoms with E-state index in [9.17, 15) is 4.79 Å². The minimum Gasteiger partial charge on any atom is -0.491 e. The van der Waals surface area contributed by atoms with E-state index in [1.165, 1.54) is 0 Å². The van der Waals surface area contributed by atoms with Gasteiger partial charge in [0.2, 0.25) is 0 Å². The number of hydrogen-bond donors (Lipinski definition) is 3. The van der Waals surface area contributed by atoms with Gasteiger partial charge in [0.15, 0.2) is 0 Å². The molecule has 0 aliphatic carbocycles. The van der Waals surface area contributed by atoms with Gasteiger partial charge in [0.25, 0.3) is 0 Å². The van der Waals surface area contributed by atoms with Crippen molar-refractivity contribution < 1.29 is 9.53 Å². The van der Waals surface area contributed by atoms with Crippen molar-refractivity contribution in [2.75, 3.05) is 6.54 Å². The fourth-order valence-electron chi connectivity index (χ4n) is 1.38. The molecule has 5 heteroatoms. The second-order valence-electron chi connectivity index (χ2n) is 3.96. The van der Waals surface area contributed by atoms with Crippen LogP contribution in [0.1, 0.15) is 19.4 Å². The third kappa shape index (κ3) is 5.21. The Balaban J connectivity index is 2.37. The van der Waals surface area contributed by atoms with Crippen molar-refractivity contribution in [3.05, 3.63) is 29.8 Å². The zero-order valence-electron chi connectivity index (χ0n) is 10.2. The van der Waals surface area contributed by atoms with Gasteiger partial charge in [0.1, 0.15) is 5.75 Å². The Labute approximate surface area is 101 Å². The number of benzene rings is 1. The number of nitrogens with two attached hydrogens (primary N) is 1. The van der Waals surface area contributed by atoms with Crippen LogP contribution in [0.3, 0.4) is 0 Å². The fraction of sp³-hybridized carbons (Fsp3) is 0.417. The maximum atomic E-state index is 10.8. The summed E-state index contributed by atoms with van der Waals surface area (Å²) >= 11 is 0. The highest BCUT2D eigenvalue weighted by atomic mass is 16.5. The summed E-state index contributed by atoms with van der Waals surface area (Å²) in [4.78, 5) is 10.8. The summed E-state index contributed by atoms with van der Waals surface area (Å²) in [5, 5.41) is 2.62. The van der Waals surface area contributed by atoms with Crippen LogP contribution in [0.5, 0.6) is 5.75 Å². The normalized spacial score (nSPS) is 10.1. The molecule has 0 atom stereocenters. The van der Waals surface area contributed by atoms with Crippen LogP contribution in [0.4, 0.5) is 4.79 Å². The summed E-state index contributed by atoms with van der Waals surface area (Å²) in [6.45, 7) is 4.53. The number of rotatable bonds is 5. The van der Waals surface area contributed by atoms with Crippen LogP contribution >= 0.6 is 0 Å². The molecule has 2 amide bonds. The molecule has 0 spiro atoms. The van der Waals surface area contributed by atoms with E-state index in [-0.39, 0.29) is 12.1 Å². The maximum Gasteiger partial charge on any atom is 0.328 e. The number of ether oxygens (including phenoxy) is 1. The largest absolute Gasteiger partial charge is 0.491 e. The number of hydrogen-bond acceptors (Lipinski definition) is 3. The monoisotopic (exact) mass is 237 g/mol. The summed E-state index contributed by atoms with van der Waals surface area (Å²) in [6.07, 6.45) is 0.936. The molecule has 1 aromatic carbocycles. The summed E-state index contributed by atoms with van der Waals surface area (Å²) in [5.74, 6) is 5.80. The van der Waals surface area contributed by atoms with Gasteiger partial charge in [-0.2, -0.15) is 0 Å². The van der Waals surface area contributed by atoms with Crippen molar-refractivity contribution in [2.24, 2.45) is 5.84 Å². The van der Waals surface area contributed by atoms with Gasteiger partial charge < -0.3 is 10.1 Å². The second kappa shape index (κ2) is 6.75. The highest BCUT2D eigenvalue weighted by molar-refractivity contribution is 5.72. The third-order valence-electron chi connectivity index (χ3n) is 2.13. The molecule has 0 heterocycles. The molecule has 0 aliphatic heterocycles. The molecule has 1 aromatic rings. The number of amides is 2. The molecule has 0 aliphatic rings. The number of nitrogens with one attached hydrogen (secondary N) is 2. The van der Waals surface area contributed by atoms with Crippen molar-refractivity contribution in [1.82, 2.24) is 10.7 Å². The Morgan fingerprint density at radius 3 is 2.53 bits per heavy atom. The number of hydrazine groups is 1. The summed E-state index contributed by atoms with van der Waals surface area (Å²) < 4.78 is 5.53. The number of urea groups is 1. The smallest absolute Gasteiger partial charge is 0.328 e. The van der Waals surface area contributed by atoms with Crippen LogP contribution in [0.2, 0.25) is 0 Å². The average molecular weight is 237 g/mol. The Morgan fingerprint density at radius 1 is 1.35 bits per heavy atom. The Hall–Kier alpha value is -1.75. The molecule has 5 nitrogen and oxygen atoms in total. The second-order valence-corrected chi connectivity index (χ2v) is 3.96. The SMILES string of the molecule is CC(C)Oc1ccc(CCNC(=O)NN)cc1. The molecule has 0 unspecified atom stereocenters. The van der Waals surface area contributed by atoms with E-state index < -0.39 is 0 Å². The zero-order valence-corrected chi connectivity index (χ0v) is 10.2. The van der Waals surface area contributed by atoms with Gasteiger partial charge in [-0.25, -0.2) is 10.6 Å². The van der Waals surface area contributed by atoms with Crippen molar-refractivity contribution in [3.63, 3.8) is 0 Å². The Kier molecular flexibility index (Phi) is 5.29. The van der Waals surface area contributed by atoms with Crippen molar-refractivity contribution in [3.8, 4) is 5.75 Å². The van der Waals surface area contributed by atoms with E-state index in [2.05, 4.69) is 5.32 Å². The van der Waals surface area contributed by atoms with E-state index in [0.29, 0.717) is 6.54 Å². The number of carbonyl (C=O) groups is 1. The van der Waals surface area contributed by atoms with Crippen LogP contribution < -0.4 is 21.3 Å². The first-order valence-electron chi connectivity index (χ1n) is 5.62. The lowest BCUT2D eigenvalue weighted by Crippen LogP contribution is -2.40. The lowest BCUT2D eigenvalue weighted by molar-refractivity contribution is 0.241. The molecule has 94 valence electrons. The molecule has 0 fully saturated rings. The zero-order chi connectivity index (χ0) is 12.7. The first-order valence-corrected chi connectivity index (χ1v) is 5.62. The molecule has 0 bridgehead atoms. The summed E-state index contributed by atoms with van der Waals surface area (Å²) in [7, 11) is 0. The van der Waals surface area contributed by atoms with Crippen molar-refractivity contribution >= 4 is 6.03 Å². The van der Waals surface area contributed by atoms with Gasteiger partial charge in [-0.3, -0.25) is 5.43 Å². The molecular formula is C12H19N3O2. The predicted octanol–water partition coefficient (Wildman–Crippen LogP) is 1.19. The summed E-state index contributed by atoms with van der Waals surface area (Å²) in [5.41, 5.74) is 3.15. The first-order chi connectivity index (χ1) is 8.11. The van der Waals surface area contributed by atoms with Crippen molar-refractivity contribution in [2.45, 2.75) is 26.4 Å². The van der Waals surface area contributed by atoms with Crippen LogP contribution in [0.25, 0.3) is 0 Å². The standard InChI is InChI=1S/C12H19N3O2/c1-9(2)17-11-5-3-10(4-6-11)7-8-14-12(16)15-13/h3-6,9H,7-8,13H2,1-2H3,(H2,14,15,16). The Morgan fingerprint density at radius 2 is 2.00 bits per heavy atom. The lowest BCUT2D eigenvalue weighted by atomic mass is 10.1. The highest BCUT2D eigenvalue weighted by Crippen LogP contribution is 2.13. The van der Waals surface area contributed by atoms with Crippen molar-refractivity contribution in [1.29, 1.82) is 0 Å². The fourth-order valence-corrected chi connectivity index (χ4v) is 1.38. The van der Waals surface area contributed by atoms with E-state index in [4.69, 9.17) is 10.6 Å². The predicted molar refractivity (Wildman–Crippen MR) is 66.6 cm³/mol. The van der Waals surface area contributed by atoms with Crippen LogP contribution in [-0.2, 0) is 6.42 Å². The molecule has 17 heavy (non-hydrogen) atoms. The van der Waals surface area contributed by atoms with E-state index in [1.54, 1.807) is 0 Å². The number of carbonyl (C=O) groups excluding carboxylic acids is 1. The minimum atomic E-state index is -0.371. The molecule has 0 saturated carbocycles.